The average molecular weight is 663 g/mol. The predicted octanol–water partition coefficient (Wildman–Crippen LogP) is 8.24. The molecule has 2 N–H and O–H groups in total. The second-order valence-corrected chi connectivity index (χ2v) is 19.5. The molecule has 0 saturated heterocycles. The Kier molecular flexibility index (Phi) is 8.61. The number of H-pyrrole nitrogens is 2. The summed E-state index contributed by atoms with van der Waals surface area (Å²) >= 11 is 0. The molecule has 0 spiro atoms. The number of hydrogen-bond acceptors (Lipinski definition) is 6. The van der Waals surface area contributed by atoms with Crippen LogP contribution in [-0.2, 0) is 16.0 Å². The van der Waals surface area contributed by atoms with Gasteiger partial charge in [-0.3, -0.25) is 24.4 Å². The zero-order valence-electron chi connectivity index (χ0n) is 29.8. The van der Waals surface area contributed by atoms with E-state index in [1.807, 2.05) is 26.0 Å². The Morgan fingerprint density at radius 1 is 0.958 bits per heavy atom. The summed E-state index contributed by atoms with van der Waals surface area (Å²) in [5.41, 5.74) is 15.1. The minimum absolute atomic E-state index is 0.0188. The van der Waals surface area contributed by atoms with Crippen LogP contribution in [0.15, 0.2) is 12.1 Å². The highest BCUT2D eigenvalue weighted by molar-refractivity contribution is 6.83. The van der Waals surface area contributed by atoms with Crippen molar-refractivity contribution in [2.75, 3.05) is 7.11 Å². The number of aryl methyl sites for hydroxylation is 2. The Bertz CT molecular complexity index is 2120. The Labute approximate surface area is 283 Å². The molecule has 4 atom stereocenters. The predicted molar refractivity (Wildman–Crippen MR) is 193 cm³/mol. The maximum absolute atomic E-state index is 13.8. The summed E-state index contributed by atoms with van der Waals surface area (Å²) in [6, 6.07) is 4.06. The number of aromatic amines is 2. The van der Waals surface area contributed by atoms with E-state index in [4.69, 9.17) is 14.7 Å². The molecule has 2 aliphatic heterocycles. The van der Waals surface area contributed by atoms with Crippen LogP contribution in [0.5, 0.6) is 0 Å². The summed E-state index contributed by atoms with van der Waals surface area (Å²) in [5, 5.41) is 0. The number of aromatic nitrogens is 4. The minimum Gasteiger partial charge on any atom is -0.469 e. The second-order valence-electron chi connectivity index (χ2n) is 14.8. The molecule has 48 heavy (non-hydrogen) atoms. The lowest BCUT2D eigenvalue weighted by molar-refractivity contribution is -0.140. The second kappa shape index (κ2) is 12.3. The zero-order valence-corrected chi connectivity index (χ0v) is 30.8. The lowest BCUT2D eigenvalue weighted by atomic mass is 9.85. The number of esters is 1. The number of carbonyl (C=O) groups is 3. The summed E-state index contributed by atoms with van der Waals surface area (Å²) in [6.07, 6.45) is 1.89. The number of methoxy groups -OCH3 is 1. The first-order valence-corrected chi connectivity index (χ1v) is 20.6. The molecule has 0 amide bonds. The first-order valence-electron chi connectivity index (χ1n) is 17.1. The number of nitrogens with zero attached hydrogens (tertiary/aromatic N) is 2. The number of carbonyl (C=O) groups excluding carboxylic acids is 3. The topological polar surface area (TPSA) is 118 Å². The van der Waals surface area contributed by atoms with Crippen molar-refractivity contribution in [1.82, 2.24) is 19.9 Å². The third-order valence-corrected chi connectivity index (χ3v) is 11.3. The molecule has 8 bridgehead atoms. The number of nitrogens with one attached hydrogen (secondary N) is 2. The quantitative estimate of drug-likeness (QED) is 0.123. The van der Waals surface area contributed by atoms with E-state index in [0.717, 1.165) is 73.5 Å². The van der Waals surface area contributed by atoms with Crippen molar-refractivity contribution in [3.8, 4) is 11.5 Å². The van der Waals surface area contributed by atoms with Gasteiger partial charge in [-0.25, -0.2) is 0 Å². The van der Waals surface area contributed by atoms with Gasteiger partial charge in [-0.2, -0.15) is 0 Å². The number of rotatable bonds is 5. The zero-order chi connectivity index (χ0) is 34.8. The first-order chi connectivity index (χ1) is 22.6. The third-order valence-electron chi connectivity index (χ3n) is 10.5. The van der Waals surface area contributed by atoms with Crippen molar-refractivity contribution in [3.05, 3.63) is 68.3 Å². The highest BCUT2D eigenvalue weighted by Gasteiger charge is 2.37. The van der Waals surface area contributed by atoms with Crippen molar-refractivity contribution in [3.63, 3.8) is 0 Å². The van der Waals surface area contributed by atoms with E-state index in [1.165, 1.54) is 7.11 Å². The van der Waals surface area contributed by atoms with Gasteiger partial charge in [0.15, 0.2) is 11.6 Å². The van der Waals surface area contributed by atoms with Gasteiger partial charge in [-0.05, 0) is 56.9 Å². The van der Waals surface area contributed by atoms with E-state index in [-0.39, 0.29) is 54.0 Å². The molecular weight excluding hydrogens is 617 g/mol. The molecule has 3 aromatic rings. The fraction of sp³-hybridized carbons (Fsp3) is 0.462. The van der Waals surface area contributed by atoms with Crippen LogP contribution in [0.3, 0.4) is 0 Å². The molecule has 6 rings (SSSR count). The van der Waals surface area contributed by atoms with Crippen LogP contribution in [0.25, 0.3) is 22.1 Å². The number of fused-ring (bicyclic) bond motifs is 8. The molecule has 0 radical (unpaired) electrons. The van der Waals surface area contributed by atoms with Crippen LogP contribution in [0.4, 0.5) is 0 Å². The van der Waals surface area contributed by atoms with Crippen LogP contribution < -0.4 is 0 Å². The lowest BCUT2D eigenvalue weighted by Gasteiger charge is -2.16. The van der Waals surface area contributed by atoms with Gasteiger partial charge in [0.2, 0.25) is 0 Å². The lowest BCUT2D eigenvalue weighted by Crippen LogP contribution is -2.16. The number of hydrogen-bond donors (Lipinski definition) is 2. The molecule has 5 heterocycles. The molecular formula is C39H46N4O4Si. The minimum atomic E-state index is -1.80. The summed E-state index contributed by atoms with van der Waals surface area (Å²) in [7, 11) is -0.395. The van der Waals surface area contributed by atoms with E-state index in [2.05, 4.69) is 61.8 Å². The summed E-state index contributed by atoms with van der Waals surface area (Å²) < 4.78 is 5.00. The van der Waals surface area contributed by atoms with Gasteiger partial charge in [0.05, 0.1) is 40.6 Å². The van der Waals surface area contributed by atoms with Gasteiger partial charge in [0.25, 0.3) is 0 Å². The summed E-state index contributed by atoms with van der Waals surface area (Å²) in [6.45, 7) is 18.7. The maximum Gasteiger partial charge on any atom is 0.305 e. The Morgan fingerprint density at radius 2 is 1.60 bits per heavy atom. The highest BCUT2D eigenvalue weighted by atomic mass is 28.3. The average Bonchev–Trinajstić information content (AvgIpc) is 3.78. The molecule has 0 unspecified atom stereocenters. The Morgan fingerprint density at radius 3 is 2.23 bits per heavy atom. The molecule has 0 fully saturated rings. The van der Waals surface area contributed by atoms with E-state index < -0.39 is 8.07 Å². The summed E-state index contributed by atoms with van der Waals surface area (Å²) in [4.78, 5) is 57.1. The van der Waals surface area contributed by atoms with Gasteiger partial charge in [-0.1, -0.05) is 46.3 Å². The third kappa shape index (κ3) is 5.64. The molecule has 250 valence electrons. The number of ether oxygens (including phenoxy) is 1. The normalized spacial score (nSPS) is 20.1. The smallest absolute Gasteiger partial charge is 0.305 e. The van der Waals surface area contributed by atoms with Crippen molar-refractivity contribution in [2.45, 2.75) is 111 Å². The Balaban J connectivity index is 1.82. The molecule has 9 heteroatoms. The van der Waals surface area contributed by atoms with E-state index in [0.29, 0.717) is 17.5 Å². The van der Waals surface area contributed by atoms with Gasteiger partial charge < -0.3 is 14.7 Å². The number of ketones is 2. The van der Waals surface area contributed by atoms with Gasteiger partial charge in [0, 0.05) is 70.1 Å². The van der Waals surface area contributed by atoms with Crippen molar-refractivity contribution in [2.24, 2.45) is 0 Å². The van der Waals surface area contributed by atoms with Crippen LogP contribution in [-0.4, -0.2) is 52.7 Å². The molecule has 3 aromatic heterocycles. The number of Topliss-reactive ketones (excluding diaryl/α,β-unsaturated/α-hetero) is 2. The molecule has 0 aromatic carbocycles. The van der Waals surface area contributed by atoms with Crippen LogP contribution in [0.1, 0.15) is 136 Å². The fourth-order valence-corrected chi connectivity index (χ4v) is 8.32. The van der Waals surface area contributed by atoms with Crippen LogP contribution in [0, 0.1) is 25.3 Å². The highest BCUT2D eigenvalue weighted by Crippen LogP contribution is 2.46. The van der Waals surface area contributed by atoms with E-state index in [1.54, 1.807) is 6.92 Å². The molecule has 0 saturated carbocycles. The SMILES string of the molecule is CC[C@H]1c2nc(cc3[nH]c(cc4nc(c5c6[nH]c(c(C)c6C(=O)C5)c2C#C[Si](C)(C)C)[C@@H](CCC(=O)OC)[C@@H]4C)c(C)c3C(C)=O)[C@@H]1C. The van der Waals surface area contributed by atoms with Crippen LogP contribution >= 0.6 is 0 Å². The largest absolute Gasteiger partial charge is 0.469 e. The first kappa shape index (κ1) is 33.6. The van der Waals surface area contributed by atoms with E-state index in [9.17, 15) is 14.4 Å². The van der Waals surface area contributed by atoms with Crippen LogP contribution in [0.2, 0.25) is 19.6 Å². The summed E-state index contributed by atoms with van der Waals surface area (Å²) in [5.74, 6) is 3.42. The monoisotopic (exact) mass is 662 g/mol. The van der Waals surface area contributed by atoms with Crippen molar-refractivity contribution in [1.29, 1.82) is 0 Å². The van der Waals surface area contributed by atoms with Gasteiger partial charge >= 0.3 is 5.97 Å². The molecule has 8 nitrogen and oxygen atoms in total. The van der Waals surface area contributed by atoms with Crippen molar-refractivity contribution < 1.29 is 19.1 Å². The van der Waals surface area contributed by atoms with Gasteiger partial charge in [-0.15, -0.1) is 5.54 Å². The van der Waals surface area contributed by atoms with E-state index >= 15 is 0 Å². The molecule has 3 aliphatic rings. The molecule has 1 aliphatic carbocycles. The standard InChI is InChI=1S/C39H46N4O4Si/c1-11-24-19(2)29-18-31-34(23(6)44)21(4)30(40-31)17-28-20(3)25(12-13-33(46)47-7)38(42-28)27-16-32(45)35-22(5)36(43-39(27)35)26(37(24)41-29)14-15-48(8,9)10/h17-20,24-25,40,43H,11-13,16H2,1-10H3/t19-,20+,24-,25+/m1/s1. The van der Waals surface area contributed by atoms with Crippen molar-refractivity contribution >= 4 is 47.7 Å². The fourth-order valence-electron chi connectivity index (χ4n) is 7.82. The van der Waals surface area contributed by atoms with Gasteiger partial charge in [0.1, 0.15) is 8.07 Å². The Hall–Kier alpha value is -4.29. The maximum atomic E-state index is 13.8.